The van der Waals surface area contributed by atoms with Gasteiger partial charge in [0.1, 0.15) is 5.75 Å². The van der Waals surface area contributed by atoms with Crippen molar-refractivity contribution in [1.29, 1.82) is 0 Å². The first kappa shape index (κ1) is 20.0. The van der Waals surface area contributed by atoms with Gasteiger partial charge >= 0.3 is 5.97 Å². The van der Waals surface area contributed by atoms with Crippen molar-refractivity contribution in [3.8, 4) is 10.9 Å². The zero-order valence-electron chi connectivity index (χ0n) is 17.2. The standard InChI is InChI=1S/C23H23N3O4S/c1-15(27)29-14-22(28)26-13-17-10-18(26)12-25(17)11-16-6-8-19(9-7-16)30-23-24-20-4-2-3-5-21(20)31-23/h2-9,17-18H,10-14H2,1H3/t17-,18-/m1/s1. The molecule has 0 spiro atoms. The van der Waals surface area contributed by atoms with Gasteiger partial charge in [0.05, 0.1) is 10.2 Å². The number of hydrogen-bond acceptors (Lipinski definition) is 7. The lowest BCUT2D eigenvalue weighted by atomic mass is 10.2. The van der Waals surface area contributed by atoms with E-state index in [0.29, 0.717) is 17.8 Å². The summed E-state index contributed by atoms with van der Waals surface area (Å²) in [6, 6.07) is 16.7. The molecule has 2 fully saturated rings. The van der Waals surface area contributed by atoms with Gasteiger partial charge in [0, 0.05) is 38.6 Å². The van der Waals surface area contributed by atoms with Gasteiger partial charge in [-0.15, -0.1) is 0 Å². The summed E-state index contributed by atoms with van der Waals surface area (Å²) in [7, 11) is 0. The lowest BCUT2D eigenvalue weighted by Gasteiger charge is -2.34. The van der Waals surface area contributed by atoms with Crippen LogP contribution in [0.1, 0.15) is 18.9 Å². The minimum atomic E-state index is -0.421. The van der Waals surface area contributed by atoms with E-state index >= 15 is 0 Å². The lowest BCUT2D eigenvalue weighted by molar-refractivity contribution is -0.151. The summed E-state index contributed by atoms with van der Waals surface area (Å²) < 4.78 is 11.9. The molecule has 3 heterocycles. The highest BCUT2D eigenvalue weighted by Crippen LogP contribution is 2.33. The van der Waals surface area contributed by atoms with Gasteiger partial charge in [0.25, 0.3) is 11.1 Å². The van der Waals surface area contributed by atoms with E-state index in [9.17, 15) is 9.59 Å². The fourth-order valence-electron chi connectivity index (χ4n) is 4.39. The number of benzene rings is 2. The average molecular weight is 438 g/mol. The highest BCUT2D eigenvalue weighted by Gasteiger charge is 2.44. The Balaban J connectivity index is 1.16. The van der Waals surface area contributed by atoms with Crippen LogP contribution in [-0.4, -0.2) is 58.4 Å². The summed E-state index contributed by atoms with van der Waals surface area (Å²) in [5, 5.41) is 0.643. The number of nitrogens with zero attached hydrogens (tertiary/aromatic N) is 3. The Kier molecular flexibility index (Phi) is 5.33. The number of thiazole rings is 1. The highest BCUT2D eigenvalue weighted by atomic mass is 32.1. The quantitative estimate of drug-likeness (QED) is 0.550. The van der Waals surface area contributed by atoms with Crippen molar-refractivity contribution in [2.24, 2.45) is 0 Å². The molecule has 0 radical (unpaired) electrons. The number of hydrogen-bond donors (Lipinski definition) is 0. The van der Waals surface area contributed by atoms with Crippen molar-refractivity contribution in [1.82, 2.24) is 14.8 Å². The molecule has 0 unspecified atom stereocenters. The molecule has 7 nitrogen and oxygen atoms in total. The first-order valence-electron chi connectivity index (χ1n) is 10.3. The minimum Gasteiger partial charge on any atom is -0.456 e. The zero-order valence-corrected chi connectivity index (χ0v) is 18.0. The van der Waals surface area contributed by atoms with Crippen LogP contribution in [0.4, 0.5) is 0 Å². The van der Waals surface area contributed by atoms with Crippen LogP contribution < -0.4 is 4.74 Å². The fourth-order valence-corrected chi connectivity index (χ4v) is 5.22. The molecule has 0 saturated carbocycles. The number of carbonyl (C=O) groups excluding carboxylic acids is 2. The second kappa shape index (κ2) is 8.28. The number of piperazine rings is 1. The summed E-state index contributed by atoms with van der Waals surface area (Å²) >= 11 is 1.54. The molecule has 8 heteroatoms. The number of fused-ring (bicyclic) bond motifs is 3. The van der Waals surface area contributed by atoms with E-state index in [1.165, 1.54) is 23.8 Å². The monoisotopic (exact) mass is 437 g/mol. The van der Waals surface area contributed by atoms with Crippen molar-refractivity contribution in [3.63, 3.8) is 0 Å². The maximum Gasteiger partial charge on any atom is 0.303 e. The first-order chi connectivity index (χ1) is 15.0. The van der Waals surface area contributed by atoms with E-state index in [1.807, 2.05) is 41.3 Å². The number of likely N-dealkylation sites (tertiary alicyclic amines) is 2. The van der Waals surface area contributed by atoms with E-state index in [1.54, 1.807) is 0 Å². The van der Waals surface area contributed by atoms with E-state index in [-0.39, 0.29) is 18.6 Å². The van der Waals surface area contributed by atoms with Gasteiger partial charge in [-0.05, 0) is 36.2 Å². The van der Waals surface area contributed by atoms with E-state index in [4.69, 9.17) is 9.47 Å². The Bertz CT molecular complexity index is 1080. The number of ether oxygens (including phenoxy) is 2. The Morgan fingerprint density at radius 2 is 1.90 bits per heavy atom. The molecule has 1 aromatic heterocycles. The maximum atomic E-state index is 12.3. The molecule has 2 aliphatic rings. The van der Waals surface area contributed by atoms with Gasteiger partial charge in [-0.1, -0.05) is 35.6 Å². The third-order valence-corrected chi connectivity index (χ3v) is 6.78. The van der Waals surface area contributed by atoms with Crippen LogP contribution in [0.5, 0.6) is 10.9 Å². The van der Waals surface area contributed by atoms with Crippen molar-refractivity contribution in [2.45, 2.75) is 32.0 Å². The lowest BCUT2D eigenvalue weighted by Crippen LogP contribution is -2.49. The molecule has 2 aliphatic heterocycles. The second-order valence-electron chi connectivity index (χ2n) is 7.99. The van der Waals surface area contributed by atoms with Crippen LogP contribution in [0.15, 0.2) is 48.5 Å². The Morgan fingerprint density at radius 1 is 1.10 bits per heavy atom. The Morgan fingerprint density at radius 3 is 2.61 bits per heavy atom. The molecule has 0 N–H and O–H groups in total. The van der Waals surface area contributed by atoms with Gasteiger partial charge in [-0.25, -0.2) is 4.98 Å². The van der Waals surface area contributed by atoms with Crippen LogP contribution in [0.2, 0.25) is 0 Å². The average Bonchev–Trinajstić information content (AvgIpc) is 3.46. The van der Waals surface area contributed by atoms with Crippen molar-refractivity contribution in [3.05, 3.63) is 54.1 Å². The van der Waals surface area contributed by atoms with Gasteiger partial charge in [0.2, 0.25) is 0 Å². The topological polar surface area (TPSA) is 72.0 Å². The Labute approximate surface area is 184 Å². The molecule has 31 heavy (non-hydrogen) atoms. The molecule has 2 aromatic carbocycles. The molecule has 1 amide bonds. The van der Waals surface area contributed by atoms with Gasteiger partial charge in [0.15, 0.2) is 6.61 Å². The number of rotatable bonds is 6. The molecule has 2 saturated heterocycles. The van der Waals surface area contributed by atoms with E-state index in [2.05, 4.69) is 22.0 Å². The molecule has 2 bridgehead atoms. The van der Waals surface area contributed by atoms with Crippen LogP contribution in [0.3, 0.4) is 0 Å². The highest BCUT2D eigenvalue weighted by molar-refractivity contribution is 7.20. The second-order valence-corrected chi connectivity index (χ2v) is 8.99. The number of carbonyl (C=O) groups is 2. The summed E-state index contributed by atoms with van der Waals surface area (Å²) in [6.07, 6.45) is 0.977. The van der Waals surface area contributed by atoms with Gasteiger partial charge in [-0.2, -0.15) is 0 Å². The van der Waals surface area contributed by atoms with Gasteiger partial charge < -0.3 is 14.4 Å². The van der Waals surface area contributed by atoms with Crippen LogP contribution in [0, 0.1) is 0 Å². The van der Waals surface area contributed by atoms with Crippen LogP contribution in [0.25, 0.3) is 10.2 Å². The SMILES string of the molecule is CC(=O)OCC(=O)N1C[C@H]2C[C@@H]1CN2Cc1ccc(Oc2nc3ccccc3s2)cc1. The third-order valence-electron chi connectivity index (χ3n) is 5.86. The molecule has 2 atom stereocenters. The molecule has 3 aromatic rings. The van der Waals surface area contributed by atoms with Gasteiger partial charge in [-0.3, -0.25) is 14.5 Å². The summed E-state index contributed by atoms with van der Waals surface area (Å²) in [5.41, 5.74) is 2.16. The predicted octanol–water partition coefficient (Wildman–Crippen LogP) is 3.44. The predicted molar refractivity (Wildman–Crippen MR) is 117 cm³/mol. The van der Waals surface area contributed by atoms with Crippen LogP contribution in [-0.2, 0) is 20.9 Å². The normalized spacial score (nSPS) is 20.4. The summed E-state index contributed by atoms with van der Waals surface area (Å²) in [5.74, 6) is 0.251. The molecular formula is C23H23N3O4S. The maximum absolute atomic E-state index is 12.3. The van der Waals surface area contributed by atoms with Crippen molar-refractivity contribution >= 4 is 33.4 Å². The Hall–Kier alpha value is -2.97. The number of amides is 1. The largest absolute Gasteiger partial charge is 0.456 e. The molecular weight excluding hydrogens is 414 g/mol. The molecule has 5 rings (SSSR count). The summed E-state index contributed by atoms with van der Waals surface area (Å²) in [4.78, 5) is 32.0. The summed E-state index contributed by atoms with van der Waals surface area (Å²) in [6.45, 7) is 3.55. The molecule has 0 aliphatic carbocycles. The van der Waals surface area contributed by atoms with E-state index in [0.717, 1.165) is 35.5 Å². The zero-order chi connectivity index (χ0) is 21.4. The first-order valence-corrected chi connectivity index (χ1v) is 11.2. The fraction of sp³-hybridized carbons (Fsp3) is 0.348. The number of para-hydroxylation sites is 1. The van der Waals surface area contributed by atoms with E-state index < -0.39 is 5.97 Å². The number of esters is 1. The number of aromatic nitrogens is 1. The third kappa shape index (κ3) is 4.26. The van der Waals surface area contributed by atoms with Crippen molar-refractivity contribution in [2.75, 3.05) is 19.7 Å². The minimum absolute atomic E-state index is 0.0984. The van der Waals surface area contributed by atoms with Crippen LogP contribution >= 0.6 is 11.3 Å². The smallest absolute Gasteiger partial charge is 0.303 e. The molecule has 160 valence electrons. The van der Waals surface area contributed by atoms with Crippen molar-refractivity contribution < 1.29 is 19.1 Å².